The molecule has 0 aromatic carbocycles. The van der Waals surface area contributed by atoms with Gasteiger partial charge in [-0.2, -0.15) is 74.6 Å². The second kappa shape index (κ2) is 7.85. The molecule has 0 atom stereocenters. The van der Waals surface area contributed by atoms with Crippen molar-refractivity contribution in [3.63, 3.8) is 0 Å². The molecule has 34 heavy (non-hydrogen) atoms. The fourth-order valence-corrected chi connectivity index (χ4v) is 2.20. The zero-order valence-electron chi connectivity index (χ0n) is 15.6. The van der Waals surface area contributed by atoms with E-state index in [-0.39, 0.29) is 6.20 Å². The number of aromatic nitrogens is 2. The molecule has 0 spiro atoms. The summed E-state index contributed by atoms with van der Waals surface area (Å²) in [5, 5.41) is 0. The first kappa shape index (κ1) is 29.7. The first-order valence-corrected chi connectivity index (χ1v) is 8.00. The summed E-state index contributed by atoms with van der Waals surface area (Å²) in [5.74, 6) is -54.0. The summed E-state index contributed by atoms with van der Waals surface area (Å²) in [6, 6.07) is -6.88. The van der Waals surface area contributed by atoms with E-state index >= 15 is 0 Å². The van der Waals surface area contributed by atoms with Crippen LogP contribution in [0.3, 0.4) is 0 Å². The van der Waals surface area contributed by atoms with Crippen molar-refractivity contribution in [2.45, 2.75) is 61.1 Å². The molecule has 0 amide bonds. The first-order valence-electron chi connectivity index (χ1n) is 8.00. The van der Waals surface area contributed by atoms with Gasteiger partial charge in [0.1, 0.15) is 0 Å². The predicted molar refractivity (Wildman–Crippen MR) is 72.8 cm³/mol. The number of nitrogens with zero attached hydrogens (tertiary/aromatic N) is 2. The molecule has 0 N–H and O–H groups in total. The van der Waals surface area contributed by atoms with Crippen molar-refractivity contribution in [1.29, 1.82) is 0 Å². The monoisotopic (exact) mass is 542 g/mol. The van der Waals surface area contributed by atoms with Gasteiger partial charge >= 0.3 is 47.8 Å². The molecule has 0 bridgehead atoms. The fourth-order valence-electron chi connectivity index (χ4n) is 2.20. The summed E-state index contributed by atoms with van der Waals surface area (Å²) in [4.78, 5) is 14.1. The Balaban J connectivity index is 3.76. The maximum Gasteiger partial charge on any atom is 0.460 e. The molecule has 0 radical (unpaired) electrons. The standard InChI is InChI=1S/C14H7F17N2O/c1-2-5(34)6-32-3-4-33(6)14(30,31)12(25,26)10(21,22)8(17,18)7(15,16)9(19,20)11(23,24)13(27,28)29/h3-4H,2H2,1H3. The summed E-state index contributed by atoms with van der Waals surface area (Å²) in [6.45, 7) is 0.865. The molecular formula is C14H7F17N2O. The molecule has 0 aliphatic rings. The number of carbonyl (C=O) groups is 1. The van der Waals surface area contributed by atoms with Crippen LogP contribution in [0, 0.1) is 0 Å². The highest BCUT2D eigenvalue weighted by molar-refractivity contribution is 5.92. The van der Waals surface area contributed by atoms with Crippen LogP contribution in [0.2, 0.25) is 0 Å². The van der Waals surface area contributed by atoms with Crippen LogP contribution >= 0.6 is 0 Å². The second-order valence-corrected chi connectivity index (χ2v) is 6.38. The lowest BCUT2D eigenvalue weighted by atomic mass is 9.90. The number of halogens is 17. The molecule has 1 aromatic heterocycles. The topological polar surface area (TPSA) is 34.9 Å². The summed E-state index contributed by atoms with van der Waals surface area (Å²) in [7, 11) is 0. The number of imidazole rings is 1. The van der Waals surface area contributed by atoms with Crippen molar-refractivity contribution in [2.24, 2.45) is 0 Å². The quantitative estimate of drug-likeness (QED) is 0.268. The van der Waals surface area contributed by atoms with Crippen molar-refractivity contribution < 1.29 is 79.4 Å². The fraction of sp³-hybridized carbons (Fsp3) is 0.714. The summed E-state index contributed by atoms with van der Waals surface area (Å²) in [5.41, 5.74) is 0. The number of rotatable bonds is 9. The van der Waals surface area contributed by atoms with E-state index < -0.39 is 76.6 Å². The van der Waals surface area contributed by atoms with Gasteiger partial charge in [-0.1, -0.05) is 6.92 Å². The Labute approximate surface area is 175 Å². The van der Waals surface area contributed by atoms with Gasteiger partial charge in [0.15, 0.2) is 11.6 Å². The predicted octanol–water partition coefficient (Wildman–Crippen LogP) is 6.40. The average Bonchev–Trinajstić information content (AvgIpc) is 3.16. The van der Waals surface area contributed by atoms with E-state index in [0.717, 1.165) is 6.92 Å². The largest absolute Gasteiger partial charge is 0.460 e. The molecule has 0 unspecified atom stereocenters. The lowest BCUT2D eigenvalue weighted by Crippen LogP contribution is -2.74. The minimum Gasteiger partial charge on any atom is -0.291 e. The Morgan fingerprint density at radius 1 is 0.676 bits per heavy atom. The zero-order valence-corrected chi connectivity index (χ0v) is 15.6. The Kier molecular flexibility index (Phi) is 6.87. The smallest absolute Gasteiger partial charge is 0.291 e. The van der Waals surface area contributed by atoms with Gasteiger partial charge in [0.2, 0.25) is 0 Å². The van der Waals surface area contributed by atoms with E-state index in [4.69, 9.17) is 0 Å². The lowest BCUT2D eigenvalue weighted by molar-refractivity contribution is -0.466. The minimum absolute atomic E-state index is 0.0375. The molecule has 0 aliphatic heterocycles. The zero-order chi connectivity index (χ0) is 27.6. The Morgan fingerprint density at radius 3 is 1.38 bits per heavy atom. The molecule has 0 saturated carbocycles. The van der Waals surface area contributed by atoms with Gasteiger partial charge in [0, 0.05) is 18.8 Å². The Hall–Kier alpha value is -2.31. The number of Topliss-reactive ketones (excluding diaryl/α,β-unsaturated/α-hetero) is 1. The van der Waals surface area contributed by atoms with Crippen LogP contribution < -0.4 is 0 Å². The van der Waals surface area contributed by atoms with Gasteiger partial charge in [-0.05, 0) is 0 Å². The van der Waals surface area contributed by atoms with E-state index in [1.807, 2.05) is 0 Å². The maximum atomic E-state index is 14.1. The third-order valence-corrected chi connectivity index (χ3v) is 4.22. The molecule has 0 fully saturated rings. The van der Waals surface area contributed by atoms with Crippen LogP contribution in [-0.4, -0.2) is 57.0 Å². The number of ketones is 1. The van der Waals surface area contributed by atoms with Crippen LogP contribution in [0.1, 0.15) is 24.0 Å². The number of hydrogen-bond acceptors (Lipinski definition) is 2. The molecule has 0 saturated heterocycles. The lowest BCUT2D eigenvalue weighted by Gasteiger charge is -2.42. The van der Waals surface area contributed by atoms with Crippen molar-refractivity contribution in [2.75, 3.05) is 0 Å². The summed E-state index contributed by atoms with van der Waals surface area (Å²) < 4.78 is 224. The summed E-state index contributed by atoms with van der Waals surface area (Å²) in [6.07, 6.45) is -9.06. The first-order chi connectivity index (χ1) is 14.7. The third-order valence-electron chi connectivity index (χ3n) is 4.22. The normalized spacial score (nSPS) is 15.6. The summed E-state index contributed by atoms with van der Waals surface area (Å²) >= 11 is 0. The van der Waals surface area contributed by atoms with Crippen molar-refractivity contribution in [1.82, 2.24) is 9.55 Å². The molecule has 3 nitrogen and oxygen atoms in total. The van der Waals surface area contributed by atoms with Crippen LogP contribution in [-0.2, 0) is 6.05 Å². The number of carbonyl (C=O) groups excluding carboxylic acids is 1. The van der Waals surface area contributed by atoms with E-state index in [0.29, 0.717) is 0 Å². The Morgan fingerprint density at radius 2 is 1.03 bits per heavy atom. The van der Waals surface area contributed by atoms with Crippen molar-refractivity contribution in [3.8, 4) is 0 Å². The molecule has 1 heterocycles. The minimum atomic E-state index is -8.71. The number of alkyl halides is 17. The van der Waals surface area contributed by atoms with E-state index in [9.17, 15) is 79.4 Å². The van der Waals surface area contributed by atoms with Gasteiger partial charge in [-0.25, -0.2) is 4.98 Å². The third kappa shape index (κ3) is 3.57. The van der Waals surface area contributed by atoms with Gasteiger partial charge in [-0.3, -0.25) is 9.36 Å². The second-order valence-electron chi connectivity index (χ2n) is 6.38. The van der Waals surface area contributed by atoms with Crippen LogP contribution in [0.5, 0.6) is 0 Å². The van der Waals surface area contributed by atoms with E-state index in [1.165, 1.54) is 0 Å². The molecule has 198 valence electrons. The van der Waals surface area contributed by atoms with Crippen LogP contribution in [0.25, 0.3) is 0 Å². The average molecular weight is 542 g/mol. The van der Waals surface area contributed by atoms with Crippen molar-refractivity contribution in [3.05, 3.63) is 18.2 Å². The van der Waals surface area contributed by atoms with Crippen molar-refractivity contribution >= 4 is 5.78 Å². The molecule has 1 rings (SSSR count). The Bertz CT molecular complexity index is 914. The highest BCUT2D eigenvalue weighted by Crippen LogP contribution is 2.64. The highest BCUT2D eigenvalue weighted by Gasteiger charge is 2.95. The number of hydrogen-bond donors (Lipinski definition) is 0. The van der Waals surface area contributed by atoms with E-state index in [2.05, 4.69) is 4.98 Å². The SMILES string of the molecule is CCC(=O)c1nccn1C(F)(F)C(F)(F)C(F)(F)C(F)(F)C(F)(F)C(F)(F)C(F)(F)C(F)(F)F. The van der Waals surface area contributed by atoms with Gasteiger partial charge in [0.05, 0.1) is 0 Å². The molecule has 0 aliphatic carbocycles. The van der Waals surface area contributed by atoms with Crippen LogP contribution in [0.15, 0.2) is 12.4 Å². The van der Waals surface area contributed by atoms with E-state index in [1.54, 1.807) is 0 Å². The van der Waals surface area contributed by atoms with Gasteiger partial charge in [0.25, 0.3) is 0 Å². The highest BCUT2D eigenvalue weighted by atomic mass is 19.4. The molecule has 20 heteroatoms. The van der Waals surface area contributed by atoms with Crippen LogP contribution in [0.4, 0.5) is 74.6 Å². The molecular weight excluding hydrogens is 535 g/mol. The molecule has 1 aromatic rings. The van der Waals surface area contributed by atoms with Gasteiger partial charge in [-0.15, -0.1) is 0 Å². The maximum absolute atomic E-state index is 14.1. The van der Waals surface area contributed by atoms with Gasteiger partial charge < -0.3 is 0 Å².